The van der Waals surface area contributed by atoms with Crippen LogP contribution in [0, 0.1) is 0 Å². The number of hydrogen-bond acceptors (Lipinski definition) is 0. The van der Waals surface area contributed by atoms with Gasteiger partial charge in [0.1, 0.15) is 0 Å². The van der Waals surface area contributed by atoms with E-state index in [9.17, 15) is 0 Å². The highest BCUT2D eigenvalue weighted by Gasteiger charge is 2.20. The molecule has 4 aromatic carbocycles. The zero-order valence-corrected chi connectivity index (χ0v) is 15.3. The Morgan fingerprint density at radius 1 is 0.519 bits per heavy atom. The zero-order chi connectivity index (χ0) is 18.5. The van der Waals surface area contributed by atoms with Gasteiger partial charge in [-0.05, 0) is 33.4 Å². The first-order chi connectivity index (χ1) is 13.3. The maximum absolute atomic E-state index is 4.43. The van der Waals surface area contributed by atoms with Crippen LogP contribution in [0.15, 0.2) is 122 Å². The van der Waals surface area contributed by atoms with Gasteiger partial charge in [-0.25, -0.2) is 0 Å². The predicted molar refractivity (Wildman–Crippen MR) is 115 cm³/mol. The van der Waals surface area contributed by atoms with E-state index in [4.69, 9.17) is 0 Å². The SMILES string of the molecule is C=C(c1ccccc1)c1ccccc1C(c1ccccc1)c1ccccc1. The predicted octanol–water partition coefficient (Wildman–Crippen LogP) is 6.93. The molecule has 0 heterocycles. The Kier molecular flexibility index (Phi) is 4.98. The maximum Gasteiger partial charge on any atom is 0.0346 e. The van der Waals surface area contributed by atoms with Crippen molar-refractivity contribution in [3.8, 4) is 0 Å². The molecule has 0 unspecified atom stereocenters. The lowest BCUT2D eigenvalue weighted by molar-refractivity contribution is 0.972. The molecule has 4 aromatic rings. The topological polar surface area (TPSA) is 0 Å². The molecule has 0 amide bonds. The minimum atomic E-state index is 0.170. The van der Waals surface area contributed by atoms with Crippen LogP contribution < -0.4 is 0 Å². The van der Waals surface area contributed by atoms with Crippen LogP contribution in [0.1, 0.15) is 33.7 Å². The Labute approximate surface area is 161 Å². The Hall–Kier alpha value is -3.38. The first-order valence-electron chi connectivity index (χ1n) is 9.28. The van der Waals surface area contributed by atoms with Crippen molar-refractivity contribution in [2.45, 2.75) is 5.92 Å². The molecular weight excluding hydrogens is 324 g/mol. The number of benzene rings is 4. The van der Waals surface area contributed by atoms with Gasteiger partial charge in [-0.1, -0.05) is 122 Å². The molecule has 4 rings (SSSR count). The Morgan fingerprint density at radius 3 is 1.52 bits per heavy atom. The molecule has 27 heavy (non-hydrogen) atoms. The zero-order valence-electron chi connectivity index (χ0n) is 15.3. The largest absolute Gasteiger partial charge is 0.0905 e. The molecule has 130 valence electrons. The van der Waals surface area contributed by atoms with Gasteiger partial charge in [0.05, 0.1) is 0 Å². The normalized spacial score (nSPS) is 10.7. The summed E-state index contributed by atoms with van der Waals surface area (Å²) < 4.78 is 0. The molecule has 0 spiro atoms. The van der Waals surface area contributed by atoms with Gasteiger partial charge in [-0.2, -0.15) is 0 Å². The van der Waals surface area contributed by atoms with Crippen LogP contribution in [-0.4, -0.2) is 0 Å². The van der Waals surface area contributed by atoms with Crippen LogP contribution in [0.4, 0.5) is 0 Å². The third kappa shape index (κ3) is 3.61. The second-order valence-electron chi connectivity index (χ2n) is 6.69. The second-order valence-corrected chi connectivity index (χ2v) is 6.69. The van der Waals surface area contributed by atoms with Gasteiger partial charge in [0, 0.05) is 5.92 Å². The van der Waals surface area contributed by atoms with Crippen LogP contribution in [0.25, 0.3) is 5.57 Å². The minimum absolute atomic E-state index is 0.170. The molecule has 0 aliphatic carbocycles. The summed E-state index contributed by atoms with van der Waals surface area (Å²) in [6.45, 7) is 4.43. The highest BCUT2D eigenvalue weighted by atomic mass is 14.2. The first-order valence-corrected chi connectivity index (χ1v) is 9.28. The molecule has 0 saturated carbocycles. The van der Waals surface area contributed by atoms with Gasteiger partial charge in [-0.3, -0.25) is 0 Å². The molecule has 0 heteroatoms. The fourth-order valence-corrected chi connectivity index (χ4v) is 3.66. The summed E-state index contributed by atoms with van der Waals surface area (Å²) in [6.07, 6.45) is 0. The fourth-order valence-electron chi connectivity index (χ4n) is 3.66. The quantitative estimate of drug-likeness (QED) is 0.344. The third-order valence-electron chi connectivity index (χ3n) is 4.98. The number of rotatable bonds is 5. The van der Waals surface area contributed by atoms with Gasteiger partial charge in [0.2, 0.25) is 0 Å². The summed E-state index contributed by atoms with van der Waals surface area (Å²) >= 11 is 0. The van der Waals surface area contributed by atoms with Crippen LogP contribution in [0.2, 0.25) is 0 Å². The average molecular weight is 346 g/mol. The van der Waals surface area contributed by atoms with Gasteiger partial charge < -0.3 is 0 Å². The lowest BCUT2D eigenvalue weighted by atomic mass is 9.80. The molecule has 0 N–H and O–H groups in total. The van der Waals surface area contributed by atoms with Crippen LogP contribution in [-0.2, 0) is 0 Å². The van der Waals surface area contributed by atoms with Crippen LogP contribution in [0.3, 0.4) is 0 Å². The highest BCUT2D eigenvalue weighted by molar-refractivity contribution is 5.80. The standard InChI is InChI=1S/C27H22/c1-21(22-13-5-2-6-14-22)25-19-11-12-20-26(25)27(23-15-7-3-8-16-23)24-17-9-4-10-18-24/h2-20,27H,1H2. The molecule has 0 bridgehead atoms. The fraction of sp³-hybridized carbons (Fsp3) is 0.0370. The van der Waals surface area contributed by atoms with E-state index in [1.54, 1.807) is 0 Å². The monoisotopic (exact) mass is 346 g/mol. The maximum atomic E-state index is 4.43. The van der Waals surface area contributed by atoms with E-state index in [1.807, 2.05) is 6.07 Å². The van der Waals surface area contributed by atoms with E-state index in [1.165, 1.54) is 22.3 Å². The number of hydrogen-bond donors (Lipinski definition) is 0. The average Bonchev–Trinajstić information content (AvgIpc) is 2.76. The van der Waals surface area contributed by atoms with E-state index in [0.29, 0.717) is 0 Å². The lowest BCUT2D eigenvalue weighted by Gasteiger charge is -2.23. The Morgan fingerprint density at radius 2 is 0.963 bits per heavy atom. The molecule has 0 fully saturated rings. The molecule has 0 saturated heterocycles. The van der Waals surface area contributed by atoms with Crippen molar-refractivity contribution in [2.75, 3.05) is 0 Å². The van der Waals surface area contributed by atoms with Gasteiger partial charge in [0.15, 0.2) is 0 Å². The molecule has 0 atom stereocenters. The summed E-state index contributed by atoms with van der Waals surface area (Å²) in [4.78, 5) is 0. The summed E-state index contributed by atoms with van der Waals surface area (Å²) in [5.41, 5.74) is 7.27. The molecule has 0 aliphatic rings. The molecule has 0 aliphatic heterocycles. The third-order valence-corrected chi connectivity index (χ3v) is 4.98. The van der Waals surface area contributed by atoms with Gasteiger partial charge >= 0.3 is 0 Å². The summed E-state index contributed by atoms with van der Waals surface area (Å²) in [5.74, 6) is 0.170. The smallest absolute Gasteiger partial charge is 0.0346 e. The van der Waals surface area contributed by atoms with E-state index in [0.717, 1.165) is 11.1 Å². The van der Waals surface area contributed by atoms with Crippen molar-refractivity contribution < 1.29 is 0 Å². The Balaban J connectivity index is 1.88. The molecule has 0 radical (unpaired) electrons. The van der Waals surface area contributed by atoms with Gasteiger partial charge in [-0.15, -0.1) is 0 Å². The first kappa shape index (κ1) is 17.1. The van der Waals surface area contributed by atoms with E-state index in [-0.39, 0.29) is 5.92 Å². The lowest BCUT2D eigenvalue weighted by Crippen LogP contribution is -2.06. The van der Waals surface area contributed by atoms with E-state index >= 15 is 0 Å². The molecular formula is C27H22. The van der Waals surface area contributed by atoms with Crippen molar-refractivity contribution in [3.05, 3.63) is 150 Å². The summed E-state index contributed by atoms with van der Waals surface area (Å²) in [5, 5.41) is 0. The van der Waals surface area contributed by atoms with Gasteiger partial charge in [0.25, 0.3) is 0 Å². The molecule has 0 nitrogen and oxygen atoms in total. The van der Waals surface area contributed by atoms with Crippen molar-refractivity contribution in [3.63, 3.8) is 0 Å². The second kappa shape index (κ2) is 7.88. The van der Waals surface area contributed by atoms with Crippen molar-refractivity contribution in [1.82, 2.24) is 0 Å². The summed E-state index contributed by atoms with van der Waals surface area (Å²) in [7, 11) is 0. The van der Waals surface area contributed by atoms with Crippen molar-refractivity contribution in [1.29, 1.82) is 0 Å². The van der Waals surface area contributed by atoms with Crippen LogP contribution >= 0.6 is 0 Å². The van der Waals surface area contributed by atoms with Crippen molar-refractivity contribution in [2.24, 2.45) is 0 Å². The van der Waals surface area contributed by atoms with E-state index in [2.05, 4.69) is 116 Å². The molecule has 0 aromatic heterocycles. The van der Waals surface area contributed by atoms with E-state index < -0.39 is 0 Å². The highest BCUT2D eigenvalue weighted by Crippen LogP contribution is 2.37. The minimum Gasteiger partial charge on any atom is -0.0905 e. The van der Waals surface area contributed by atoms with Crippen LogP contribution in [0.5, 0.6) is 0 Å². The van der Waals surface area contributed by atoms with Crippen molar-refractivity contribution >= 4 is 5.57 Å². The Bertz CT molecular complexity index is 976. The summed E-state index contributed by atoms with van der Waals surface area (Å²) in [6, 6.07) is 40.5.